The number of rotatable bonds is 6. The van der Waals surface area contributed by atoms with Gasteiger partial charge in [0.1, 0.15) is 17.2 Å². The Kier molecular flexibility index (Phi) is 6.86. The van der Waals surface area contributed by atoms with Gasteiger partial charge in [0.25, 0.3) is 5.91 Å². The van der Waals surface area contributed by atoms with E-state index >= 15 is 4.39 Å². The first kappa shape index (κ1) is 29.2. The molecule has 3 aromatic rings. The first-order valence-electron chi connectivity index (χ1n) is 15.5. The van der Waals surface area contributed by atoms with E-state index in [4.69, 9.17) is 9.47 Å². The second kappa shape index (κ2) is 10.6. The lowest BCUT2D eigenvalue weighted by Crippen LogP contribution is -2.73. The van der Waals surface area contributed by atoms with Crippen LogP contribution < -0.4 is 4.90 Å². The van der Waals surface area contributed by atoms with Gasteiger partial charge in [0.2, 0.25) is 0 Å². The summed E-state index contributed by atoms with van der Waals surface area (Å²) in [6.07, 6.45) is 4.79. The van der Waals surface area contributed by atoms with Gasteiger partial charge in [0, 0.05) is 66.7 Å². The highest BCUT2D eigenvalue weighted by molar-refractivity contribution is 6.02. The lowest BCUT2D eigenvalue weighted by atomic mass is 9.73. The van der Waals surface area contributed by atoms with Crippen molar-refractivity contribution >= 4 is 23.8 Å². The van der Waals surface area contributed by atoms with Gasteiger partial charge in [-0.3, -0.25) is 4.79 Å². The molecular weight excluding hydrogens is 579 g/mol. The molecule has 1 atom stereocenters. The van der Waals surface area contributed by atoms with E-state index in [2.05, 4.69) is 14.9 Å². The number of benzene rings is 1. The molecule has 2 fully saturated rings. The van der Waals surface area contributed by atoms with Crippen molar-refractivity contribution in [2.24, 2.45) is 5.41 Å². The van der Waals surface area contributed by atoms with Crippen LogP contribution in [-0.2, 0) is 33.8 Å². The number of carbonyl (C=O) groups excluding carboxylic acids is 3. The minimum absolute atomic E-state index is 0.0463. The van der Waals surface area contributed by atoms with Crippen LogP contribution in [0.15, 0.2) is 36.8 Å². The number of nitrogens with zero attached hydrogens (tertiary/aromatic N) is 6. The Morgan fingerprint density at radius 2 is 1.87 bits per heavy atom. The van der Waals surface area contributed by atoms with Crippen LogP contribution in [0.1, 0.15) is 67.5 Å². The van der Waals surface area contributed by atoms with Crippen molar-refractivity contribution in [1.29, 1.82) is 0 Å². The molecule has 6 heterocycles. The molecule has 1 spiro atoms. The standard InChI is InChI=1S/C33H37FN6O5/c1-5-44-30(42)28(27-25-7-6-10-37(25)19-36-27)40-14-23-22(29(40)41)11-21(12-24(23)34)20-8-9-26(35-13-20)38-15-33(16-38)17-39(18-33)31(43)45-32(2,3)4/h8-9,11-13,19,28H,5-7,10,14-18H2,1-4H3. The molecule has 7 rings (SSSR count). The summed E-state index contributed by atoms with van der Waals surface area (Å²) in [6, 6.07) is 5.81. The van der Waals surface area contributed by atoms with E-state index in [0.29, 0.717) is 29.9 Å². The number of fused-ring (bicyclic) bond motifs is 2. The number of halogens is 1. The second-order valence-corrected chi connectivity index (χ2v) is 13.5. The fourth-order valence-corrected chi connectivity index (χ4v) is 6.99. The maximum Gasteiger partial charge on any atom is 0.410 e. The summed E-state index contributed by atoms with van der Waals surface area (Å²) >= 11 is 0. The van der Waals surface area contributed by atoms with Gasteiger partial charge in [-0.05, 0) is 70.4 Å². The normalized spacial score (nSPS) is 18.8. The fourth-order valence-electron chi connectivity index (χ4n) is 6.99. The summed E-state index contributed by atoms with van der Waals surface area (Å²) in [5.74, 6) is -0.710. The van der Waals surface area contributed by atoms with Gasteiger partial charge in [-0.1, -0.05) is 0 Å². The molecular formula is C33H37FN6O5. The van der Waals surface area contributed by atoms with Gasteiger partial charge < -0.3 is 28.7 Å². The Balaban J connectivity index is 1.05. The summed E-state index contributed by atoms with van der Waals surface area (Å²) in [4.78, 5) is 53.6. The Bertz CT molecular complexity index is 1680. The van der Waals surface area contributed by atoms with E-state index in [1.54, 1.807) is 30.4 Å². The lowest BCUT2D eigenvalue weighted by molar-refractivity contribution is -0.149. The predicted octanol–water partition coefficient (Wildman–Crippen LogP) is 4.35. The molecule has 0 radical (unpaired) electrons. The average Bonchev–Trinajstić information content (AvgIpc) is 3.64. The molecule has 2 amide bonds. The summed E-state index contributed by atoms with van der Waals surface area (Å²) in [5, 5.41) is 0. The number of imidazole rings is 1. The number of pyridine rings is 1. The quantitative estimate of drug-likeness (QED) is 0.376. The van der Waals surface area contributed by atoms with Crippen LogP contribution in [-0.4, -0.2) is 80.7 Å². The van der Waals surface area contributed by atoms with Crippen molar-refractivity contribution in [2.75, 3.05) is 37.7 Å². The van der Waals surface area contributed by atoms with Crippen molar-refractivity contribution in [3.63, 3.8) is 0 Å². The number of ether oxygens (including phenoxy) is 2. The number of amides is 2. The minimum Gasteiger partial charge on any atom is -0.464 e. The molecule has 2 aromatic heterocycles. The summed E-state index contributed by atoms with van der Waals surface area (Å²) < 4.78 is 28.4. The highest BCUT2D eigenvalue weighted by atomic mass is 19.1. The molecule has 0 bridgehead atoms. The summed E-state index contributed by atoms with van der Waals surface area (Å²) in [5.41, 5.74) is 2.64. The van der Waals surface area contributed by atoms with Crippen molar-refractivity contribution in [3.05, 3.63) is 65.1 Å². The summed E-state index contributed by atoms with van der Waals surface area (Å²) in [7, 11) is 0. The van der Waals surface area contributed by atoms with Crippen LogP contribution in [0.25, 0.3) is 11.1 Å². The van der Waals surface area contributed by atoms with Crippen LogP contribution >= 0.6 is 0 Å². The van der Waals surface area contributed by atoms with E-state index in [-0.39, 0.29) is 35.8 Å². The van der Waals surface area contributed by atoms with Crippen LogP contribution in [0.3, 0.4) is 0 Å². The first-order chi connectivity index (χ1) is 21.4. The topological polar surface area (TPSA) is 110 Å². The van der Waals surface area contributed by atoms with Crippen molar-refractivity contribution in [1.82, 2.24) is 24.3 Å². The Morgan fingerprint density at radius 1 is 1.09 bits per heavy atom. The zero-order valence-electron chi connectivity index (χ0n) is 26.0. The molecule has 4 aliphatic heterocycles. The van der Waals surface area contributed by atoms with Crippen molar-refractivity contribution in [3.8, 4) is 11.1 Å². The highest BCUT2D eigenvalue weighted by Crippen LogP contribution is 2.42. The van der Waals surface area contributed by atoms with Crippen LogP contribution in [0.2, 0.25) is 0 Å². The third kappa shape index (κ3) is 5.09. The average molecular weight is 617 g/mol. The maximum absolute atomic E-state index is 15.6. The van der Waals surface area contributed by atoms with Gasteiger partial charge in [0.15, 0.2) is 6.04 Å². The molecule has 11 nitrogen and oxygen atoms in total. The molecule has 0 N–H and O–H groups in total. The van der Waals surface area contributed by atoms with Gasteiger partial charge in [-0.15, -0.1) is 0 Å². The first-order valence-corrected chi connectivity index (χ1v) is 15.5. The van der Waals surface area contributed by atoms with Crippen LogP contribution in [0.5, 0.6) is 0 Å². The molecule has 0 saturated carbocycles. The number of carbonyl (C=O) groups is 3. The lowest BCUT2D eigenvalue weighted by Gasteiger charge is -2.60. The van der Waals surface area contributed by atoms with E-state index in [0.717, 1.165) is 44.0 Å². The van der Waals surface area contributed by atoms with Crippen molar-refractivity contribution < 1.29 is 28.2 Å². The van der Waals surface area contributed by atoms with Crippen LogP contribution in [0.4, 0.5) is 15.0 Å². The molecule has 236 valence electrons. The van der Waals surface area contributed by atoms with E-state index in [1.165, 1.54) is 11.0 Å². The molecule has 45 heavy (non-hydrogen) atoms. The Hall–Kier alpha value is -4.48. The number of hydrogen-bond acceptors (Lipinski definition) is 8. The third-order valence-corrected chi connectivity index (χ3v) is 9.05. The van der Waals surface area contributed by atoms with Crippen molar-refractivity contribution in [2.45, 2.75) is 65.3 Å². The van der Waals surface area contributed by atoms with Gasteiger partial charge >= 0.3 is 12.1 Å². The smallest absolute Gasteiger partial charge is 0.410 e. The number of likely N-dealkylation sites (tertiary alicyclic amines) is 1. The molecule has 12 heteroatoms. The molecule has 1 aromatic carbocycles. The largest absolute Gasteiger partial charge is 0.464 e. The SMILES string of the molecule is CCOC(=O)C(c1ncn2c1CCC2)N1Cc2c(F)cc(-c3ccc(N4CC5(CN(C(=O)OC(C)(C)C)C5)C4)nc3)cc2C1=O. The monoisotopic (exact) mass is 616 g/mol. The predicted molar refractivity (Wildman–Crippen MR) is 162 cm³/mol. The number of anilines is 1. The van der Waals surface area contributed by atoms with Gasteiger partial charge in [-0.25, -0.2) is 23.9 Å². The van der Waals surface area contributed by atoms with Gasteiger partial charge in [0.05, 0.1) is 25.2 Å². The fraction of sp³-hybridized carbons (Fsp3) is 0.485. The molecule has 1 unspecified atom stereocenters. The second-order valence-electron chi connectivity index (χ2n) is 13.5. The zero-order valence-corrected chi connectivity index (χ0v) is 26.0. The Morgan fingerprint density at radius 3 is 2.56 bits per heavy atom. The number of aryl methyl sites for hydroxylation is 1. The number of aromatic nitrogens is 3. The zero-order chi connectivity index (χ0) is 31.7. The van der Waals surface area contributed by atoms with Gasteiger partial charge in [-0.2, -0.15) is 0 Å². The minimum atomic E-state index is -1.05. The van der Waals surface area contributed by atoms with E-state index < -0.39 is 29.3 Å². The third-order valence-electron chi connectivity index (χ3n) is 9.05. The summed E-state index contributed by atoms with van der Waals surface area (Å²) in [6.45, 7) is 11.1. The molecule has 4 aliphatic rings. The highest BCUT2D eigenvalue weighted by Gasteiger charge is 2.54. The number of hydrogen-bond donors (Lipinski definition) is 0. The molecule has 0 aliphatic carbocycles. The number of esters is 1. The Labute approximate surface area is 260 Å². The van der Waals surface area contributed by atoms with E-state index in [1.807, 2.05) is 37.5 Å². The van der Waals surface area contributed by atoms with E-state index in [9.17, 15) is 14.4 Å². The maximum atomic E-state index is 15.6. The van der Waals surface area contributed by atoms with Crippen LogP contribution in [0, 0.1) is 11.2 Å². The molecule has 2 saturated heterocycles.